The number of ether oxygens (including phenoxy) is 1. The van der Waals surface area contributed by atoms with E-state index in [2.05, 4.69) is 15.3 Å². The smallest absolute Gasteiger partial charge is 0.338 e. The quantitative estimate of drug-likeness (QED) is 0.674. The minimum absolute atomic E-state index is 0.368. The average Bonchev–Trinajstić information content (AvgIpc) is 3.19. The fourth-order valence-electron chi connectivity index (χ4n) is 2.71. The van der Waals surface area contributed by atoms with Gasteiger partial charge in [-0.05, 0) is 44.0 Å². The van der Waals surface area contributed by atoms with Gasteiger partial charge in [0.1, 0.15) is 5.82 Å². The first-order chi connectivity index (χ1) is 13.0. The van der Waals surface area contributed by atoms with Crippen molar-refractivity contribution in [2.24, 2.45) is 0 Å². The lowest BCUT2D eigenvalue weighted by Gasteiger charge is -2.16. The predicted molar refractivity (Wildman–Crippen MR) is 103 cm³/mol. The van der Waals surface area contributed by atoms with Crippen molar-refractivity contribution in [1.82, 2.24) is 9.97 Å². The summed E-state index contributed by atoms with van der Waals surface area (Å²) in [7, 11) is 0. The molecule has 27 heavy (non-hydrogen) atoms. The number of hydrogen-bond acceptors (Lipinski definition) is 4. The molecule has 0 spiro atoms. The topological polar surface area (TPSA) is 84.1 Å². The molecule has 0 saturated carbocycles. The summed E-state index contributed by atoms with van der Waals surface area (Å²) in [5.74, 6) is -0.200. The zero-order valence-corrected chi connectivity index (χ0v) is 15.4. The summed E-state index contributed by atoms with van der Waals surface area (Å²) in [5, 5.41) is 2.83. The van der Waals surface area contributed by atoms with Gasteiger partial charge >= 0.3 is 5.97 Å². The van der Waals surface area contributed by atoms with Gasteiger partial charge in [-0.1, -0.05) is 30.3 Å². The number of nitrogens with zero attached hydrogens (tertiary/aromatic N) is 1. The molecule has 2 N–H and O–H groups in total. The third-order valence-corrected chi connectivity index (χ3v) is 4.27. The third kappa shape index (κ3) is 4.23. The largest absolute Gasteiger partial charge is 0.449 e. The van der Waals surface area contributed by atoms with E-state index in [1.165, 1.54) is 0 Å². The fraction of sp³-hybridized carbons (Fsp3) is 0.190. The predicted octanol–water partition coefficient (Wildman–Crippen LogP) is 3.88. The number of aryl methyl sites for hydroxylation is 2. The highest BCUT2D eigenvalue weighted by Crippen LogP contribution is 2.20. The highest BCUT2D eigenvalue weighted by molar-refractivity contribution is 5.98. The van der Waals surface area contributed by atoms with Gasteiger partial charge in [0.25, 0.3) is 5.91 Å². The first-order valence-corrected chi connectivity index (χ1v) is 8.63. The van der Waals surface area contributed by atoms with E-state index in [0.717, 1.165) is 28.2 Å². The van der Waals surface area contributed by atoms with Crippen LogP contribution in [0.1, 0.15) is 28.4 Å². The number of amides is 1. The molecule has 3 rings (SSSR count). The number of esters is 1. The second-order valence-corrected chi connectivity index (χ2v) is 6.32. The number of carbonyl (C=O) groups is 2. The Hall–Kier alpha value is -3.41. The summed E-state index contributed by atoms with van der Waals surface area (Å²) in [6, 6.07) is 12.6. The Labute approximate surface area is 157 Å². The van der Waals surface area contributed by atoms with Gasteiger partial charge in [-0.25, -0.2) is 9.78 Å². The first kappa shape index (κ1) is 18.4. The number of para-hydroxylation sites is 1. The van der Waals surface area contributed by atoms with Crippen LogP contribution in [-0.2, 0) is 9.53 Å². The molecule has 1 heterocycles. The molecule has 1 atom stereocenters. The highest BCUT2D eigenvalue weighted by atomic mass is 16.5. The number of aromatic amines is 1. The van der Waals surface area contributed by atoms with Gasteiger partial charge in [0.05, 0.1) is 5.56 Å². The second-order valence-electron chi connectivity index (χ2n) is 6.32. The molecule has 0 aliphatic heterocycles. The van der Waals surface area contributed by atoms with Crippen molar-refractivity contribution in [3.8, 4) is 11.4 Å². The summed E-state index contributed by atoms with van der Waals surface area (Å²) in [4.78, 5) is 31.9. The molecule has 0 aliphatic carbocycles. The maximum absolute atomic E-state index is 12.4. The van der Waals surface area contributed by atoms with Gasteiger partial charge in [0.15, 0.2) is 6.10 Å². The van der Waals surface area contributed by atoms with Crippen LogP contribution in [0.4, 0.5) is 5.69 Å². The zero-order valence-electron chi connectivity index (χ0n) is 15.4. The van der Waals surface area contributed by atoms with E-state index in [0.29, 0.717) is 5.56 Å². The number of anilines is 1. The van der Waals surface area contributed by atoms with Crippen molar-refractivity contribution < 1.29 is 14.3 Å². The van der Waals surface area contributed by atoms with Crippen molar-refractivity contribution in [2.45, 2.75) is 26.9 Å². The van der Waals surface area contributed by atoms with Crippen LogP contribution in [-0.4, -0.2) is 27.9 Å². The van der Waals surface area contributed by atoms with E-state index >= 15 is 0 Å². The van der Waals surface area contributed by atoms with Crippen LogP contribution >= 0.6 is 0 Å². The molecule has 1 unspecified atom stereocenters. The van der Waals surface area contributed by atoms with Crippen LogP contribution in [0.15, 0.2) is 54.9 Å². The lowest BCUT2D eigenvalue weighted by Crippen LogP contribution is -2.30. The second kappa shape index (κ2) is 7.86. The van der Waals surface area contributed by atoms with Crippen molar-refractivity contribution >= 4 is 17.6 Å². The van der Waals surface area contributed by atoms with Crippen molar-refractivity contribution in [1.29, 1.82) is 0 Å². The molecule has 0 radical (unpaired) electrons. The zero-order chi connectivity index (χ0) is 19.4. The highest BCUT2D eigenvalue weighted by Gasteiger charge is 2.20. The Kier molecular flexibility index (Phi) is 5.35. The van der Waals surface area contributed by atoms with Gasteiger partial charge in [-0.2, -0.15) is 0 Å². The van der Waals surface area contributed by atoms with Gasteiger partial charge in [-0.15, -0.1) is 0 Å². The van der Waals surface area contributed by atoms with E-state index < -0.39 is 12.1 Å². The minimum atomic E-state index is -0.916. The first-order valence-electron chi connectivity index (χ1n) is 8.63. The molecule has 2 aromatic carbocycles. The van der Waals surface area contributed by atoms with E-state index in [1.54, 1.807) is 43.6 Å². The van der Waals surface area contributed by atoms with Gasteiger partial charge in [-0.3, -0.25) is 4.79 Å². The van der Waals surface area contributed by atoms with Crippen molar-refractivity contribution in [3.63, 3.8) is 0 Å². The van der Waals surface area contributed by atoms with E-state index in [1.807, 2.05) is 32.0 Å². The normalized spacial score (nSPS) is 11.7. The minimum Gasteiger partial charge on any atom is -0.449 e. The molecule has 0 bridgehead atoms. The average molecular weight is 363 g/mol. The third-order valence-electron chi connectivity index (χ3n) is 4.27. The summed E-state index contributed by atoms with van der Waals surface area (Å²) < 4.78 is 5.31. The lowest BCUT2D eigenvalue weighted by molar-refractivity contribution is -0.123. The standard InChI is InChI=1S/C21H21N3O3/c1-13-5-4-6-14(2)18(13)24-20(25)15(3)27-21(26)17-9-7-16(8-10-17)19-22-11-12-23-19/h4-12,15H,1-3H3,(H,22,23)(H,24,25). The number of carbonyl (C=O) groups excluding carboxylic acids is 2. The van der Waals surface area contributed by atoms with Crippen molar-refractivity contribution in [2.75, 3.05) is 5.32 Å². The number of rotatable bonds is 5. The van der Waals surface area contributed by atoms with Crippen molar-refractivity contribution in [3.05, 3.63) is 71.5 Å². The maximum atomic E-state index is 12.4. The SMILES string of the molecule is Cc1cccc(C)c1NC(=O)C(C)OC(=O)c1ccc(-c2ncc[nH]2)cc1. The van der Waals surface area contributed by atoms with E-state index in [9.17, 15) is 9.59 Å². The number of hydrogen-bond donors (Lipinski definition) is 2. The molecule has 3 aromatic rings. The summed E-state index contributed by atoms with van der Waals surface area (Å²) in [6.45, 7) is 5.39. The maximum Gasteiger partial charge on any atom is 0.338 e. The number of imidazole rings is 1. The van der Waals surface area contributed by atoms with E-state index in [-0.39, 0.29) is 5.91 Å². The van der Waals surface area contributed by atoms with Gasteiger partial charge < -0.3 is 15.0 Å². The fourth-order valence-corrected chi connectivity index (χ4v) is 2.71. The van der Waals surface area contributed by atoms with Crippen LogP contribution < -0.4 is 5.32 Å². The monoisotopic (exact) mass is 363 g/mol. The Morgan fingerprint density at radius 2 is 1.74 bits per heavy atom. The number of nitrogens with one attached hydrogen (secondary N) is 2. The van der Waals surface area contributed by atoms with Gasteiger partial charge in [0, 0.05) is 23.6 Å². The molecular formula is C21H21N3O3. The Bertz CT molecular complexity index is 927. The van der Waals surface area contributed by atoms with Crippen LogP contribution in [0.5, 0.6) is 0 Å². The molecule has 6 nitrogen and oxygen atoms in total. The number of H-pyrrole nitrogens is 1. The van der Waals surface area contributed by atoms with E-state index in [4.69, 9.17) is 4.74 Å². The van der Waals surface area contributed by atoms with Crippen LogP contribution in [0.2, 0.25) is 0 Å². The Balaban J connectivity index is 1.64. The summed E-state index contributed by atoms with van der Waals surface area (Å²) in [6.07, 6.45) is 2.48. The molecule has 0 saturated heterocycles. The number of benzene rings is 2. The molecule has 1 amide bonds. The molecule has 0 aliphatic rings. The molecule has 1 aromatic heterocycles. The summed E-state index contributed by atoms with van der Waals surface area (Å²) in [5.41, 5.74) is 3.88. The lowest BCUT2D eigenvalue weighted by atomic mass is 10.1. The Morgan fingerprint density at radius 3 is 2.33 bits per heavy atom. The molecule has 0 fully saturated rings. The van der Waals surface area contributed by atoms with Crippen LogP contribution in [0.3, 0.4) is 0 Å². The van der Waals surface area contributed by atoms with Crippen LogP contribution in [0, 0.1) is 13.8 Å². The molecular weight excluding hydrogens is 342 g/mol. The Morgan fingerprint density at radius 1 is 1.07 bits per heavy atom. The van der Waals surface area contributed by atoms with Gasteiger partial charge in [0.2, 0.25) is 0 Å². The number of aromatic nitrogens is 2. The summed E-state index contributed by atoms with van der Waals surface area (Å²) >= 11 is 0. The molecule has 138 valence electrons. The van der Waals surface area contributed by atoms with Crippen LogP contribution in [0.25, 0.3) is 11.4 Å². The molecule has 6 heteroatoms.